The highest BCUT2D eigenvalue weighted by molar-refractivity contribution is 7.09. The zero-order valence-electron chi connectivity index (χ0n) is 9.64. The van der Waals surface area contributed by atoms with Crippen LogP contribution < -0.4 is 5.32 Å². The first-order valence-electron chi connectivity index (χ1n) is 5.98. The zero-order chi connectivity index (χ0) is 11.1. The van der Waals surface area contributed by atoms with Gasteiger partial charge < -0.3 is 10.1 Å². The Bertz CT molecular complexity index is 379. The summed E-state index contributed by atoms with van der Waals surface area (Å²) in [5.74, 6) is 1.35. The second-order valence-corrected chi connectivity index (χ2v) is 5.72. The maximum atomic E-state index is 5.81. The molecular weight excluding hydrogens is 222 g/mol. The number of aromatic nitrogens is 2. The number of ether oxygens (including phenoxy) is 1. The highest BCUT2D eigenvalue weighted by atomic mass is 32.1. The Morgan fingerprint density at radius 1 is 1.44 bits per heavy atom. The largest absolute Gasteiger partial charge is 0.373 e. The number of nitrogens with zero attached hydrogens (tertiary/aromatic N) is 2. The number of nitrogens with one attached hydrogen (secondary N) is 1. The normalized spacial score (nSPS) is 32.6. The molecule has 2 aliphatic heterocycles. The van der Waals surface area contributed by atoms with Crippen LogP contribution in [0.2, 0.25) is 0 Å². The Balaban J connectivity index is 1.65. The summed E-state index contributed by atoms with van der Waals surface area (Å²) < 4.78 is 10.2. The Kier molecular flexibility index (Phi) is 2.59. The third-order valence-corrected chi connectivity index (χ3v) is 4.03. The molecule has 1 aromatic heterocycles. The van der Waals surface area contributed by atoms with Crippen molar-refractivity contribution in [1.29, 1.82) is 0 Å². The van der Waals surface area contributed by atoms with E-state index in [4.69, 9.17) is 4.74 Å². The summed E-state index contributed by atoms with van der Waals surface area (Å²) in [5.41, 5.74) is 0. The van der Waals surface area contributed by atoms with Gasteiger partial charge in [0.25, 0.3) is 0 Å². The minimum absolute atomic E-state index is 0.399. The van der Waals surface area contributed by atoms with Gasteiger partial charge in [-0.1, -0.05) is 13.8 Å². The molecular formula is C11H17N3OS. The third kappa shape index (κ3) is 1.82. The highest BCUT2D eigenvalue weighted by Crippen LogP contribution is 2.36. The van der Waals surface area contributed by atoms with Crippen LogP contribution in [0.3, 0.4) is 0 Å². The van der Waals surface area contributed by atoms with Crippen molar-refractivity contribution in [2.75, 3.05) is 5.32 Å². The Morgan fingerprint density at radius 2 is 2.31 bits per heavy atom. The summed E-state index contributed by atoms with van der Waals surface area (Å²) in [4.78, 5) is 4.50. The van der Waals surface area contributed by atoms with Gasteiger partial charge in [0, 0.05) is 17.5 Å². The molecule has 4 nitrogen and oxygen atoms in total. The first-order valence-corrected chi connectivity index (χ1v) is 6.75. The number of anilines is 1. The monoisotopic (exact) mass is 239 g/mol. The molecule has 5 heteroatoms. The predicted octanol–water partition coefficient (Wildman–Crippen LogP) is 2.39. The van der Waals surface area contributed by atoms with E-state index in [1.54, 1.807) is 0 Å². The van der Waals surface area contributed by atoms with Gasteiger partial charge in [0.1, 0.15) is 5.82 Å². The SMILES string of the molecule is CC(C)c1nsc(N[C@@H]2C[C@H]3CC[C@H]2O3)n1. The summed E-state index contributed by atoms with van der Waals surface area (Å²) in [6.07, 6.45) is 4.44. The lowest BCUT2D eigenvalue weighted by Gasteiger charge is -2.18. The molecule has 0 radical (unpaired) electrons. The third-order valence-electron chi connectivity index (χ3n) is 3.37. The molecule has 0 unspecified atom stereocenters. The number of hydrogen-bond acceptors (Lipinski definition) is 5. The van der Waals surface area contributed by atoms with Gasteiger partial charge in [-0.25, -0.2) is 4.98 Å². The minimum atomic E-state index is 0.399. The molecule has 0 amide bonds. The van der Waals surface area contributed by atoms with E-state index in [0.29, 0.717) is 24.2 Å². The Labute approximate surface area is 99.6 Å². The van der Waals surface area contributed by atoms with E-state index in [9.17, 15) is 0 Å². The maximum Gasteiger partial charge on any atom is 0.202 e. The zero-order valence-corrected chi connectivity index (χ0v) is 10.5. The molecule has 0 saturated carbocycles. The molecule has 3 heterocycles. The van der Waals surface area contributed by atoms with Crippen molar-refractivity contribution in [2.24, 2.45) is 0 Å². The highest BCUT2D eigenvalue weighted by Gasteiger charge is 2.41. The van der Waals surface area contributed by atoms with Gasteiger partial charge in [0.15, 0.2) is 0 Å². The fourth-order valence-corrected chi connectivity index (χ4v) is 3.25. The summed E-state index contributed by atoms with van der Waals surface area (Å²) in [5, 5.41) is 4.42. The van der Waals surface area contributed by atoms with Crippen LogP contribution in [-0.4, -0.2) is 27.6 Å². The van der Waals surface area contributed by atoms with Crippen LogP contribution in [-0.2, 0) is 4.74 Å². The lowest BCUT2D eigenvalue weighted by atomic mass is 9.96. The Hall–Kier alpha value is -0.680. The maximum absolute atomic E-state index is 5.81. The van der Waals surface area contributed by atoms with Crippen molar-refractivity contribution in [3.05, 3.63) is 5.82 Å². The summed E-state index contributed by atoms with van der Waals surface area (Å²) in [7, 11) is 0. The predicted molar refractivity (Wildman–Crippen MR) is 63.9 cm³/mol. The number of fused-ring (bicyclic) bond motifs is 2. The molecule has 2 bridgehead atoms. The summed E-state index contributed by atoms with van der Waals surface area (Å²) in [6, 6.07) is 0.451. The summed E-state index contributed by atoms with van der Waals surface area (Å²) >= 11 is 1.46. The molecule has 1 aromatic rings. The Morgan fingerprint density at radius 3 is 2.88 bits per heavy atom. The molecule has 88 valence electrons. The molecule has 2 saturated heterocycles. The van der Waals surface area contributed by atoms with Crippen LogP contribution in [0.4, 0.5) is 5.13 Å². The van der Waals surface area contributed by atoms with Gasteiger partial charge in [0.05, 0.1) is 18.2 Å². The van der Waals surface area contributed by atoms with Gasteiger partial charge in [-0.2, -0.15) is 4.37 Å². The second-order valence-electron chi connectivity index (χ2n) is 4.97. The molecule has 0 spiro atoms. The average Bonchev–Trinajstić information content (AvgIpc) is 2.91. The topological polar surface area (TPSA) is 47.0 Å². The molecule has 0 aromatic carbocycles. The van der Waals surface area contributed by atoms with Crippen LogP contribution in [0.1, 0.15) is 44.9 Å². The molecule has 3 atom stereocenters. The van der Waals surface area contributed by atoms with Crippen LogP contribution in [0, 0.1) is 0 Å². The van der Waals surface area contributed by atoms with Crippen molar-refractivity contribution in [2.45, 2.75) is 57.3 Å². The van der Waals surface area contributed by atoms with Crippen molar-refractivity contribution in [3.8, 4) is 0 Å². The standard InChI is InChI=1S/C11H17N3OS/c1-6(2)10-13-11(16-14-10)12-8-5-7-3-4-9(8)15-7/h6-9H,3-5H2,1-2H3,(H,12,13,14)/t7-,8-,9-/m1/s1. The first-order chi connectivity index (χ1) is 7.72. The molecule has 2 fully saturated rings. The van der Waals surface area contributed by atoms with E-state index in [-0.39, 0.29) is 0 Å². The van der Waals surface area contributed by atoms with E-state index in [1.165, 1.54) is 24.4 Å². The molecule has 16 heavy (non-hydrogen) atoms. The fraction of sp³-hybridized carbons (Fsp3) is 0.818. The second kappa shape index (κ2) is 3.96. The van der Waals surface area contributed by atoms with Crippen LogP contribution >= 0.6 is 11.5 Å². The minimum Gasteiger partial charge on any atom is -0.373 e. The van der Waals surface area contributed by atoms with E-state index in [1.807, 2.05) is 0 Å². The summed E-state index contributed by atoms with van der Waals surface area (Å²) in [6.45, 7) is 4.24. The number of rotatable bonds is 3. The average molecular weight is 239 g/mol. The van der Waals surface area contributed by atoms with E-state index in [2.05, 4.69) is 28.5 Å². The van der Waals surface area contributed by atoms with Crippen molar-refractivity contribution in [3.63, 3.8) is 0 Å². The van der Waals surface area contributed by atoms with Crippen molar-refractivity contribution < 1.29 is 4.74 Å². The van der Waals surface area contributed by atoms with Gasteiger partial charge in [-0.05, 0) is 19.3 Å². The van der Waals surface area contributed by atoms with Crippen LogP contribution in [0.25, 0.3) is 0 Å². The van der Waals surface area contributed by atoms with Gasteiger partial charge in [0.2, 0.25) is 5.13 Å². The van der Waals surface area contributed by atoms with E-state index in [0.717, 1.165) is 17.4 Å². The number of hydrogen-bond donors (Lipinski definition) is 1. The van der Waals surface area contributed by atoms with Crippen molar-refractivity contribution >= 4 is 16.7 Å². The lowest BCUT2D eigenvalue weighted by molar-refractivity contribution is 0.102. The van der Waals surface area contributed by atoms with Crippen LogP contribution in [0.15, 0.2) is 0 Å². The molecule has 1 N–H and O–H groups in total. The molecule has 0 aliphatic carbocycles. The molecule has 2 aliphatic rings. The van der Waals surface area contributed by atoms with Gasteiger partial charge in [-0.15, -0.1) is 0 Å². The quantitative estimate of drug-likeness (QED) is 0.880. The lowest BCUT2D eigenvalue weighted by Crippen LogP contribution is -2.30. The van der Waals surface area contributed by atoms with Crippen molar-refractivity contribution in [1.82, 2.24) is 9.36 Å². The van der Waals surface area contributed by atoms with Crippen LogP contribution in [0.5, 0.6) is 0 Å². The van der Waals surface area contributed by atoms with E-state index < -0.39 is 0 Å². The van der Waals surface area contributed by atoms with Gasteiger partial charge in [-0.3, -0.25) is 0 Å². The molecule has 3 rings (SSSR count). The first kappa shape index (κ1) is 10.5. The fourth-order valence-electron chi connectivity index (χ4n) is 2.48. The smallest absolute Gasteiger partial charge is 0.202 e. The van der Waals surface area contributed by atoms with Gasteiger partial charge >= 0.3 is 0 Å². The van der Waals surface area contributed by atoms with E-state index >= 15 is 0 Å².